The summed E-state index contributed by atoms with van der Waals surface area (Å²) in [4.78, 5) is 8.34. The molecule has 0 saturated heterocycles. The Morgan fingerprint density at radius 3 is 2.34 bits per heavy atom. The highest BCUT2D eigenvalue weighted by Crippen LogP contribution is 2.33. The fourth-order valence-electron chi connectivity index (χ4n) is 3.12. The number of rotatable bonds is 8. The fraction of sp³-hybridized carbons (Fsp3) is 0.556. The van der Waals surface area contributed by atoms with Crippen molar-refractivity contribution in [2.75, 3.05) is 6.54 Å². The number of hydrogen-bond donors (Lipinski definition) is 3. The van der Waals surface area contributed by atoms with Crippen LogP contribution in [0.5, 0.6) is 5.75 Å². The van der Waals surface area contributed by atoms with Crippen LogP contribution in [0.4, 0.5) is 13.2 Å². The molecule has 8 heteroatoms. The Balaban J connectivity index is 0.000000813. The molecule has 1 aliphatic heterocycles. The van der Waals surface area contributed by atoms with Gasteiger partial charge in [-0.2, -0.15) is 13.2 Å². The zero-order valence-corrected chi connectivity index (χ0v) is 22.0. The molecule has 0 aliphatic carbocycles. The summed E-state index contributed by atoms with van der Waals surface area (Å²) in [6.45, 7) is 12.7. The summed E-state index contributed by atoms with van der Waals surface area (Å²) in [5, 5.41) is 9.98. The lowest BCUT2D eigenvalue weighted by Crippen LogP contribution is -2.17. The average molecular weight is 497 g/mol. The van der Waals surface area contributed by atoms with Gasteiger partial charge in [0.1, 0.15) is 11.6 Å². The Morgan fingerprint density at radius 2 is 1.83 bits per heavy atom. The zero-order chi connectivity index (χ0) is 27.0. The van der Waals surface area contributed by atoms with Gasteiger partial charge in [0.25, 0.3) is 0 Å². The van der Waals surface area contributed by atoms with E-state index in [1.165, 1.54) is 44.6 Å². The van der Waals surface area contributed by atoms with E-state index in [-0.39, 0.29) is 29.4 Å². The SMILES string of the molecule is C/C(N)=C/C1=NC(N)=CCN=C1c1ccc(C(F)(F)F)cc1O.CC.CCCCCCC(C)CC. The van der Waals surface area contributed by atoms with Crippen LogP contribution in [-0.4, -0.2) is 23.1 Å². The first-order valence-electron chi connectivity index (χ1n) is 12.4. The van der Waals surface area contributed by atoms with Gasteiger partial charge in [-0.25, -0.2) is 4.99 Å². The van der Waals surface area contributed by atoms with E-state index >= 15 is 0 Å². The molecule has 1 aliphatic rings. The van der Waals surface area contributed by atoms with Crippen LogP contribution in [0.1, 0.15) is 91.2 Å². The molecule has 0 radical (unpaired) electrons. The normalized spacial score (nSPS) is 14.8. The molecule has 35 heavy (non-hydrogen) atoms. The van der Waals surface area contributed by atoms with Crippen LogP contribution in [0, 0.1) is 5.92 Å². The number of phenolic OH excluding ortho intramolecular Hbond substituents is 1. The number of aromatic hydroxyl groups is 1. The number of alkyl halides is 3. The lowest BCUT2D eigenvalue weighted by atomic mass is 10.0. The van der Waals surface area contributed by atoms with Crippen LogP contribution in [0.25, 0.3) is 0 Å². The van der Waals surface area contributed by atoms with Crippen LogP contribution in [0.3, 0.4) is 0 Å². The smallest absolute Gasteiger partial charge is 0.416 e. The Labute approximate surface area is 208 Å². The van der Waals surface area contributed by atoms with Crippen molar-refractivity contribution in [2.24, 2.45) is 27.4 Å². The maximum Gasteiger partial charge on any atom is 0.416 e. The summed E-state index contributed by atoms with van der Waals surface area (Å²) in [6, 6.07) is 2.67. The topological polar surface area (TPSA) is 97.0 Å². The van der Waals surface area contributed by atoms with Crippen molar-refractivity contribution in [3.05, 3.63) is 53.0 Å². The van der Waals surface area contributed by atoms with E-state index in [4.69, 9.17) is 11.5 Å². The second-order valence-electron chi connectivity index (χ2n) is 8.30. The van der Waals surface area contributed by atoms with E-state index in [9.17, 15) is 18.3 Å². The highest BCUT2D eigenvalue weighted by molar-refractivity contribution is 6.52. The fourth-order valence-corrected chi connectivity index (χ4v) is 3.12. The standard InChI is InChI=1S/C15H15F3N4O.C10H22.C2H6/c1-8(19)6-11-14(21-5-4-13(20)22-11)10-3-2-9(7-12(10)23)15(16,17)18;1-4-6-7-8-9-10(3)5-2;1-2/h2-4,6-7,23H,5,19-20H2,1H3;10H,4-9H2,1-3H3;1-2H3/b8-6-;;. The van der Waals surface area contributed by atoms with Gasteiger partial charge in [0.05, 0.1) is 23.5 Å². The number of hydrogen-bond acceptors (Lipinski definition) is 5. The molecule has 1 atom stereocenters. The van der Waals surface area contributed by atoms with Crippen molar-refractivity contribution >= 4 is 11.4 Å². The van der Waals surface area contributed by atoms with Gasteiger partial charge in [0, 0.05) is 11.3 Å². The number of nitrogens with zero attached hydrogens (tertiary/aromatic N) is 2. The van der Waals surface area contributed by atoms with Gasteiger partial charge >= 0.3 is 6.18 Å². The van der Waals surface area contributed by atoms with Gasteiger partial charge in [-0.3, -0.25) is 4.99 Å². The number of unbranched alkanes of at least 4 members (excludes halogenated alkanes) is 3. The highest BCUT2D eigenvalue weighted by Gasteiger charge is 2.31. The minimum absolute atomic E-state index is 0.123. The number of phenols is 1. The predicted molar refractivity (Wildman–Crippen MR) is 142 cm³/mol. The van der Waals surface area contributed by atoms with Crippen LogP contribution < -0.4 is 11.5 Å². The molecule has 1 heterocycles. The summed E-state index contributed by atoms with van der Waals surface area (Å²) in [5.74, 6) is 0.620. The molecule has 2 rings (SSSR count). The number of benzene rings is 1. The molecule has 0 fully saturated rings. The van der Waals surface area contributed by atoms with Gasteiger partial charge in [0.15, 0.2) is 0 Å². The Kier molecular flexibility index (Phi) is 15.5. The minimum Gasteiger partial charge on any atom is -0.507 e. The van der Waals surface area contributed by atoms with Crippen LogP contribution in [0.2, 0.25) is 0 Å². The third kappa shape index (κ3) is 12.5. The van der Waals surface area contributed by atoms with Crippen molar-refractivity contribution in [3.8, 4) is 5.75 Å². The highest BCUT2D eigenvalue weighted by atomic mass is 19.4. The van der Waals surface area contributed by atoms with Gasteiger partial charge < -0.3 is 16.6 Å². The molecule has 0 amide bonds. The van der Waals surface area contributed by atoms with Gasteiger partial charge in [-0.15, -0.1) is 0 Å². The van der Waals surface area contributed by atoms with Crippen LogP contribution in [-0.2, 0) is 6.18 Å². The monoisotopic (exact) mass is 496 g/mol. The Morgan fingerprint density at radius 1 is 1.17 bits per heavy atom. The largest absolute Gasteiger partial charge is 0.507 e. The minimum atomic E-state index is -4.54. The van der Waals surface area contributed by atoms with Gasteiger partial charge in [-0.1, -0.05) is 73.1 Å². The summed E-state index contributed by atoms with van der Waals surface area (Å²) < 4.78 is 38.1. The van der Waals surface area contributed by atoms with Gasteiger partial charge in [-0.05, 0) is 43.2 Å². The first-order chi connectivity index (χ1) is 16.5. The molecular formula is C27H43F3N4O. The second-order valence-corrected chi connectivity index (χ2v) is 8.30. The van der Waals surface area contributed by atoms with Crippen molar-refractivity contribution < 1.29 is 18.3 Å². The predicted octanol–water partition coefficient (Wildman–Crippen LogP) is 7.35. The van der Waals surface area contributed by atoms with Crippen molar-refractivity contribution in [2.45, 2.75) is 86.2 Å². The average Bonchev–Trinajstić information content (AvgIpc) is 2.98. The molecule has 0 saturated carbocycles. The summed E-state index contributed by atoms with van der Waals surface area (Å²) in [5.41, 5.74) is 11.4. The summed E-state index contributed by atoms with van der Waals surface area (Å²) in [6.07, 6.45) is 6.97. The molecule has 5 nitrogen and oxygen atoms in total. The quantitative estimate of drug-likeness (QED) is 0.328. The Hall–Kier alpha value is -2.77. The van der Waals surface area contributed by atoms with E-state index < -0.39 is 17.5 Å². The first kappa shape index (κ1) is 32.2. The maximum atomic E-state index is 12.7. The molecular weight excluding hydrogens is 453 g/mol. The second kappa shape index (κ2) is 16.8. The molecule has 0 spiro atoms. The van der Waals surface area contributed by atoms with Crippen molar-refractivity contribution in [3.63, 3.8) is 0 Å². The van der Waals surface area contributed by atoms with E-state index in [0.717, 1.165) is 18.1 Å². The molecule has 1 aromatic rings. The van der Waals surface area contributed by atoms with E-state index in [2.05, 4.69) is 30.8 Å². The molecule has 1 unspecified atom stereocenters. The van der Waals surface area contributed by atoms with E-state index in [1.807, 2.05) is 13.8 Å². The summed E-state index contributed by atoms with van der Waals surface area (Å²) in [7, 11) is 0. The molecule has 0 aromatic heterocycles. The number of aliphatic imine (C=N–C) groups is 2. The molecule has 1 aromatic carbocycles. The zero-order valence-electron chi connectivity index (χ0n) is 22.0. The Bertz CT molecular complexity index is 883. The van der Waals surface area contributed by atoms with Crippen LogP contribution >= 0.6 is 0 Å². The molecule has 198 valence electrons. The summed E-state index contributed by atoms with van der Waals surface area (Å²) >= 11 is 0. The third-order valence-electron chi connectivity index (χ3n) is 5.23. The van der Waals surface area contributed by atoms with E-state index in [0.29, 0.717) is 11.8 Å². The van der Waals surface area contributed by atoms with Crippen LogP contribution in [0.15, 0.2) is 51.9 Å². The number of halogens is 3. The maximum absolute atomic E-state index is 12.7. The van der Waals surface area contributed by atoms with Crippen molar-refractivity contribution in [1.29, 1.82) is 0 Å². The van der Waals surface area contributed by atoms with E-state index in [1.54, 1.807) is 13.0 Å². The first-order valence-corrected chi connectivity index (χ1v) is 12.4. The number of nitrogens with two attached hydrogens (primary N) is 2. The molecule has 5 N–H and O–H groups in total. The lowest BCUT2D eigenvalue weighted by molar-refractivity contribution is -0.137. The van der Waals surface area contributed by atoms with Crippen molar-refractivity contribution in [1.82, 2.24) is 0 Å². The third-order valence-corrected chi connectivity index (χ3v) is 5.23. The lowest BCUT2D eigenvalue weighted by Gasteiger charge is -2.12. The number of allylic oxidation sites excluding steroid dienone is 2. The van der Waals surface area contributed by atoms with Gasteiger partial charge in [0.2, 0.25) is 0 Å². The molecule has 0 bridgehead atoms.